The minimum Gasteiger partial charge on any atom is -0.338 e. The summed E-state index contributed by atoms with van der Waals surface area (Å²) in [5, 5.41) is 4.21. The summed E-state index contributed by atoms with van der Waals surface area (Å²) in [5.74, 6) is 1.62. The maximum atomic E-state index is 12.8. The molecule has 0 spiro atoms. The van der Waals surface area contributed by atoms with E-state index in [1.807, 2.05) is 6.07 Å². The van der Waals surface area contributed by atoms with Crippen LogP contribution in [0.4, 0.5) is 5.95 Å². The van der Waals surface area contributed by atoms with E-state index in [1.165, 1.54) is 12.0 Å². The van der Waals surface area contributed by atoms with Crippen LogP contribution in [0.1, 0.15) is 24.8 Å². The SMILES string of the molecule is O=C(CCc1ccsc1)N1C[C@H]2CC[C@@H]1CN(c1ncccn1)C2. The molecule has 3 aliphatic rings. The summed E-state index contributed by atoms with van der Waals surface area (Å²) in [6.07, 6.45) is 7.34. The van der Waals surface area contributed by atoms with E-state index in [0.29, 0.717) is 24.3 Å². The van der Waals surface area contributed by atoms with E-state index in [1.54, 1.807) is 23.7 Å². The predicted molar refractivity (Wildman–Crippen MR) is 95.1 cm³/mol. The zero-order valence-electron chi connectivity index (χ0n) is 13.7. The van der Waals surface area contributed by atoms with Gasteiger partial charge in [0.1, 0.15) is 0 Å². The van der Waals surface area contributed by atoms with E-state index in [4.69, 9.17) is 0 Å². The second-order valence-corrected chi connectivity index (χ2v) is 7.51. The molecule has 3 aliphatic heterocycles. The molecule has 0 aliphatic carbocycles. The molecule has 0 aromatic carbocycles. The summed E-state index contributed by atoms with van der Waals surface area (Å²) in [6, 6.07) is 4.25. The molecular formula is C18H22N4OS. The van der Waals surface area contributed by atoms with Gasteiger partial charge >= 0.3 is 0 Å². The third-order valence-electron chi connectivity index (χ3n) is 5.08. The molecule has 3 fully saturated rings. The van der Waals surface area contributed by atoms with E-state index in [0.717, 1.165) is 38.4 Å². The predicted octanol–water partition coefficient (Wildman–Crippen LogP) is 2.60. The molecule has 0 radical (unpaired) electrons. The van der Waals surface area contributed by atoms with Crippen LogP contribution in [0.2, 0.25) is 0 Å². The number of aryl methyl sites for hydroxylation is 1. The van der Waals surface area contributed by atoms with Gasteiger partial charge in [0.25, 0.3) is 0 Å². The number of nitrogens with zero attached hydrogens (tertiary/aromatic N) is 4. The first-order valence-corrected chi connectivity index (χ1v) is 9.56. The molecule has 5 nitrogen and oxygen atoms in total. The average Bonchev–Trinajstić information content (AvgIpc) is 2.98. The highest BCUT2D eigenvalue weighted by Crippen LogP contribution is 2.30. The van der Waals surface area contributed by atoms with E-state index in [-0.39, 0.29) is 0 Å². The highest BCUT2D eigenvalue weighted by molar-refractivity contribution is 7.07. The van der Waals surface area contributed by atoms with Gasteiger partial charge < -0.3 is 9.80 Å². The van der Waals surface area contributed by atoms with Crippen molar-refractivity contribution in [2.75, 3.05) is 24.5 Å². The third kappa shape index (κ3) is 3.29. The molecule has 6 heteroatoms. The minimum absolute atomic E-state index is 0.294. The summed E-state index contributed by atoms with van der Waals surface area (Å²) >= 11 is 1.69. The van der Waals surface area contributed by atoms with E-state index < -0.39 is 0 Å². The molecule has 24 heavy (non-hydrogen) atoms. The topological polar surface area (TPSA) is 49.3 Å². The second kappa shape index (κ2) is 6.89. The third-order valence-corrected chi connectivity index (χ3v) is 5.81. The zero-order valence-corrected chi connectivity index (χ0v) is 14.5. The maximum absolute atomic E-state index is 12.8. The number of amides is 1. The van der Waals surface area contributed by atoms with Crippen LogP contribution in [0, 0.1) is 5.92 Å². The number of fused-ring (bicyclic) bond motifs is 4. The zero-order chi connectivity index (χ0) is 16.4. The Labute approximate surface area is 146 Å². The first-order valence-electron chi connectivity index (χ1n) is 8.62. The quantitative estimate of drug-likeness (QED) is 0.857. The Morgan fingerprint density at radius 3 is 2.88 bits per heavy atom. The fourth-order valence-electron chi connectivity index (χ4n) is 3.83. The van der Waals surface area contributed by atoms with Crippen molar-refractivity contribution in [3.05, 3.63) is 40.8 Å². The smallest absolute Gasteiger partial charge is 0.225 e. The Kier molecular flexibility index (Phi) is 4.47. The van der Waals surface area contributed by atoms with Crippen molar-refractivity contribution in [3.8, 4) is 0 Å². The monoisotopic (exact) mass is 342 g/mol. The summed E-state index contributed by atoms with van der Waals surface area (Å²) in [6.45, 7) is 2.69. The first kappa shape index (κ1) is 15.6. The van der Waals surface area contributed by atoms with E-state index >= 15 is 0 Å². The molecule has 0 N–H and O–H groups in total. The van der Waals surface area contributed by atoms with E-state index in [2.05, 4.69) is 36.6 Å². The van der Waals surface area contributed by atoms with Crippen LogP contribution in [-0.4, -0.2) is 46.5 Å². The Morgan fingerprint density at radius 1 is 1.21 bits per heavy atom. The first-order chi connectivity index (χ1) is 11.8. The fraction of sp³-hybridized carbons (Fsp3) is 0.500. The van der Waals surface area contributed by atoms with Crippen LogP contribution < -0.4 is 4.90 Å². The van der Waals surface area contributed by atoms with Crippen LogP contribution in [0.3, 0.4) is 0 Å². The van der Waals surface area contributed by atoms with E-state index in [9.17, 15) is 4.79 Å². The van der Waals surface area contributed by atoms with Gasteiger partial charge in [-0.25, -0.2) is 9.97 Å². The Bertz CT molecular complexity index is 676. The number of rotatable bonds is 4. The number of hydrogen-bond acceptors (Lipinski definition) is 5. The summed E-state index contributed by atoms with van der Waals surface area (Å²) in [7, 11) is 0. The normalized spacial score (nSPS) is 23.3. The van der Waals surface area contributed by atoms with Crippen molar-refractivity contribution in [2.45, 2.75) is 31.7 Å². The highest BCUT2D eigenvalue weighted by atomic mass is 32.1. The number of anilines is 1. The number of hydrogen-bond donors (Lipinski definition) is 0. The number of aromatic nitrogens is 2. The second-order valence-electron chi connectivity index (χ2n) is 6.73. The van der Waals surface area contributed by atoms with Gasteiger partial charge in [-0.2, -0.15) is 11.3 Å². The largest absolute Gasteiger partial charge is 0.338 e. The van der Waals surface area contributed by atoms with Crippen LogP contribution >= 0.6 is 11.3 Å². The van der Waals surface area contributed by atoms with Crippen LogP contribution in [0.15, 0.2) is 35.3 Å². The lowest BCUT2D eigenvalue weighted by Gasteiger charge is -2.36. The van der Waals surface area contributed by atoms with Gasteiger partial charge in [0.05, 0.1) is 0 Å². The molecule has 0 saturated carbocycles. The van der Waals surface area contributed by atoms with Crippen molar-refractivity contribution in [1.82, 2.24) is 14.9 Å². The van der Waals surface area contributed by atoms with Gasteiger partial charge in [-0.15, -0.1) is 0 Å². The number of piperidine rings is 1. The summed E-state index contributed by atoms with van der Waals surface area (Å²) in [5.41, 5.74) is 1.27. The van der Waals surface area contributed by atoms with Gasteiger partial charge in [-0.1, -0.05) is 0 Å². The molecular weight excluding hydrogens is 320 g/mol. The van der Waals surface area contributed by atoms with Crippen molar-refractivity contribution in [1.29, 1.82) is 0 Å². The standard InChI is InChI=1S/C18H22N4OS/c23-17(5-3-14-6-9-24-13-14)22-11-15-2-4-16(22)12-21(10-15)18-19-7-1-8-20-18/h1,6-9,13,15-16H,2-5,10-12H2/t15-,16+/m0/s1. The van der Waals surface area contributed by atoms with Gasteiger partial charge in [0.15, 0.2) is 0 Å². The molecule has 2 atom stereocenters. The van der Waals surface area contributed by atoms with Gasteiger partial charge in [-0.05, 0) is 53.6 Å². The van der Waals surface area contributed by atoms with Crippen molar-refractivity contribution < 1.29 is 4.79 Å². The Hall–Kier alpha value is -1.95. The van der Waals surface area contributed by atoms with Crippen LogP contribution in [0.5, 0.6) is 0 Å². The van der Waals surface area contributed by atoms with Crippen molar-refractivity contribution in [2.24, 2.45) is 5.92 Å². The average molecular weight is 342 g/mol. The Morgan fingerprint density at radius 2 is 2.08 bits per heavy atom. The molecule has 1 amide bonds. The molecule has 126 valence electrons. The van der Waals surface area contributed by atoms with Gasteiger partial charge in [0.2, 0.25) is 11.9 Å². The summed E-state index contributed by atoms with van der Waals surface area (Å²) < 4.78 is 0. The molecule has 5 rings (SSSR count). The molecule has 2 aromatic rings. The molecule has 5 heterocycles. The van der Waals surface area contributed by atoms with Crippen molar-refractivity contribution >= 4 is 23.2 Å². The van der Waals surface area contributed by atoms with Crippen LogP contribution in [-0.2, 0) is 11.2 Å². The molecule has 2 bridgehead atoms. The number of carbonyl (C=O) groups excluding carboxylic acids is 1. The van der Waals surface area contributed by atoms with Gasteiger partial charge in [0, 0.05) is 44.5 Å². The van der Waals surface area contributed by atoms with Crippen LogP contribution in [0.25, 0.3) is 0 Å². The maximum Gasteiger partial charge on any atom is 0.225 e. The lowest BCUT2D eigenvalue weighted by atomic mass is 9.94. The summed E-state index contributed by atoms with van der Waals surface area (Å²) in [4.78, 5) is 25.9. The lowest BCUT2D eigenvalue weighted by Crippen LogP contribution is -2.47. The molecule has 3 saturated heterocycles. The highest BCUT2D eigenvalue weighted by Gasteiger charge is 2.37. The number of thiophene rings is 1. The number of carbonyl (C=O) groups is 1. The molecule has 2 aromatic heterocycles. The van der Waals surface area contributed by atoms with Crippen molar-refractivity contribution in [3.63, 3.8) is 0 Å². The van der Waals surface area contributed by atoms with Gasteiger partial charge in [-0.3, -0.25) is 4.79 Å². The fourth-order valence-corrected chi connectivity index (χ4v) is 4.54. The minimum atomic E-state index is 0.294. The lowest BCUT2D eigenvalue weighted by molar-refractivity contribution is -0.135. The Balaban J connectivity index is 1.43. The molecule has 0 unspecified atom stereocenters.